The van der Waals surface area contributed by atoms with Crippen LogP contribution in [0.2, 0.25) is 0 Å². The minimum atomic E-state index is -0.587. The van der Waals surface area contributed by atoms with E-state index in [2.05, 4.69) is 0 Å². The number of nitrogens with zero attached hydrogens (tertiary/aromatic N) is 1. The Morgan fingerprint density at radius 2 is 2.06 bits per heavy atom. The number of hydrogen-bond donors (Lipinski definition) is 1. The lowest BCUT2D eigenvalue weighted by Gasteiger charge is -2.20. The van der Waals surface area contributed by atoms with Gasteiger partial charge in [0.1, 0.15) is 5.60 Å². The fourth-order valence-electron chi connectivity index (χ4n) is 1.99. The zero-order valence-corrected chi connectivity index (χ0v) is 10.1. The molecular weight excluding hydrogens is 218 g/mol. The van der Waals surface area contributed by atoms with Crippen molar-refractivity contribution in [3.63, 3.8) is 0 Å². The number of rotatable bonds is 3. The van der Waals surface area contributed by atoms with Crippen molar-refractivity contribution in [2.24, 2.45) is 0 Å². The molecule has 0 spiro atoms. The van der Waals surface area contributed by atoms with Gasteiger partial charge in [-0.1, -0.05) is 17.7 Å². The van der Waals surface area contributed by atoms with E-state index in [9.17, 15) is 4.79 Å². The third-order valence-corrected chi connectivity index (χ3v) is 3.03. The first-order chi connectivity index (χ1) is 8.04. The van der Waals surface area contributed by atoms with Gasteiger partial charge in [-0.3, -0.25) is 4.90 Å². The van der Waals surface area contributed by atoms with E-state index in [0.29, 0.717) is 13.0 Å². The third-order valence-electron chi connectivity index (χ3n) is 3.03. The molecule has 1 saturated heterocycles. The summed E-state index contributed by atoms with van der Waals surface area (Å²) in [5, 5.41) is 8.96. The zero-order chi connectivity index (χ0) is 12.5. The maximum Gasteiger partial charge on any atom is 0.415 e. The lowest BCUT2D eigenvalue weighted by molar-refractivity contribution is 0.0502. The number of carbonyl (C=O) groups excluding carboxylic acids is 1. The molecule has 0 bridgehead atoms. The Bertz CT molecular complexity index is 415. The predicted octanol–water partition coefficient (Wildman–Crippen LogP) is 2.09. The molecule has 1 aromatic rings. The summed E-state index contributed by atoms with van der Waals surface area (Å²) in [4.78, 5) is 13.4. The summed E-state index contributed by atoms with van der Waals surface area (Å²) in [6.45, 7) is 4.35. The van der Waals surface area contributed by atoms with Crippen molar-refractivity contribution in [1.82, 2.24) is 0 Å². The van der Waals surface area contributed by atoms with Crippen LogP contribution in [-0.4, -0.2) is 30.0 Å². The molecule has 2 rings (SSSR count). The number of hydrogen-bond acceptors (Lipinski definition) is 3. The van der Waals surface area contributed by atoms with E-state index in [0.717, 1.165) is 11.3 Å². The molecule has 1 heterocycles. The monoisotopic (exact) mass is 235 g/mol. The molecule has 4 heteroatoms. The summed E-state index contributed by atoms with van der Waals surface area (Å²) in [6.07, 6.45) is 0.117. The number of benzene rings is 1. The SMILES string of the molecule is Cc1ccc(N2CC(C)(CCO)OC2=O)cc1. The summed E-state index contributed by atoms with van der Waals surface area (Å²) in [5.74, 6) is 0. The van der Waals surface area contributed by atoms with E-state index in [-0.39, 0.29) is 12.7 Å². The zero-order valence-electron chi connectivity index (χ0n) is 10.1. The van der Waals surface area contributed by atoms with Gasteiger partial charge in [0.15, 0.2) is 0 Å². The molecule has 4 nitrogen and oxygen atoms in total. The summed E-state index contributed by atoms with van der Waals surface area (Å²) < 4.78 is 5.31. The van der Waals surface area contributed by atoms with Crippen molar-refractivity contribution in [2.75, 3.05) is 18.1 Å². The molecule has 1 unspecified atom stereocenters. The van der Waals surface area contributed by atoms with Crippen LogP contribution in [0.5, 0.6) is 0 Å². The van der Waals surface area contributed by atoms with Gasteiger partial charge in [0.2, 0.25) is 0 Å². The van der Waals surface area contributed by atoms with Crippen LogP contribution in [0.4, 0.5) is 10.5 Å². The van der Waals surface area contributed by atoms with Gasteiger partial charge in [0, 0.05) is 18.7 Å². The largest absolute Gasteiger partial charge is 0.441 e. The van der Waals surface area contributed by atoms with E-state index in [1.165, 1.54) is 0 Å². The Labute approximate surface area is 101 Å². The number of cyclic esters (lactones) is 1. The molecular formula is C13H17NO3. The first-order valence-electron chi connectivity index (χ1n) is 5.72. The average Bonchev–Trinajstić information content (AvgIpc) is 2.56. The molecule has 1 N–H and O–H groups in total. The van der Waals surface area contributed by atoms with Crippen LogP contribution < -0.4 is 4.90 Å². The van der Waals surface area contributed by atoms with Gasteiger partial charge in [-0.15, -0.1) is 0 Å². The molecule has 1 aromatic carbocycles. The Morgan fingerprint density at radius 1 is 1.41 bits per heavy atom. The highest BCUT2D eigenvalue weighted by Crippen LogP contribution is 2.29. The van der Waals surface area contributed by atoms with Crippen LogP contribution in [0.1, 0.15) is 18.9 Å². The van der Waals surface area contributed by atoms with Gasteiger partial charge in [0.05, 0.1) is 6.54 Å². The summed E-state index contributed by atoms with van der Waals surface area (Å²) in [5.41, 5.74) is 1.40. The lowest BCUT2D eigenvalue weighted by atomic mass is 10.0. The van der Waals surface area contributed by atoms with Gasteiger partial charge < -0.3 is 9.84 Å². The van der Waals surface area contributed by atoms with E-state index < -0.39 is 5.60 Å². The van der Waals surface area contributed by atoms with Crippen molar-refractivity contribution in [2.45, 2.75) is 25.9 Å². The number of aryl methyl sites for hydroxylation is 1. The van der Waals surface area contributed by atoms with Crippen LogP contribution in [0.25, 0.3) is 0 Å². The Balaban J connectivity index is 2.18. The number of anilines is 1. The van der Waals surface area contributed by atoms with Gasteiger partial charge >= 0.3 is 6.09 Å². The second-order valence-corrected chi connectivity index (χ2v) is 4.71. The fourth-order valence-corrected chi connectivity index (χ4v) is 1.99. The van der Waals surface area contributed by atoms with E-state index in [1.807, 2.05) is 38.1 Å². The minimum absolute atomic E-state index is 0.0194. The molecule has 1 aliphatic heterocycles. The molecule has 0 aromatic heterocycles. The van der Waals surface area contributed by atoms with Gasteiger partial charge in [-0.25, -0.2) is 4.79 Å². The summed E-state index contributed by atoms with van der Waals surface area (Å²) in [7, 11) is 0. The molecule has 92 valence electrons. The van der Waals surface area contributed by atoms with Crippen LogP contribution in [0, 0.1) is 6.92 Å². The van der Waals surface area contributed by atoms with Gasteiger partial charge in [-0.2, -0.15) is 0 Å². The Hall–Kier alpha value is -1.55. The maximum absolute atomic E-state index is 11.8. The molecule has 0 saturated carbocycles. The molecule has 0 aliphatic carbocycles. The van der Waals surface area contributed by atoms with Crippen molar-refractivity contribution in [3.05, 3.63) is 29.8 Å². The number of aliphatic hydroxyl groups is 1. The second-order valence-electron chi connectivity index (χ2n) is 4.71. The quantitative estimate of drug-likeness (QED) is 0.872. The summed E-state index contributed by atoms with van der Waals surface area (Å²) >= 11 is 0. The predicted molar refractivity (Wildman–Crippen MR) is 65.1 cm³/mol. The average molecular weight is 235 g/mol. The summed E-state index contributed by atoms with van der Waals surface area (Å²) in [6, 6.07) is 7.73. The van der Waals surface area contributed by atoms with Crippen molar-refractivity contribution >= 4 is 11.8 Å². The Morgan fingerprint density at radius 3 is 2.65 bits per heavy atom. The fraction of sp³-hybridized carbons (Fsp3) is 0.462. The van der Waals surface area contributed by atoms with Crippen LogP contribution in [0.15, 0.2) is 24.3 Å². The number of amides is 1. The molecule has 1 amide bonds. The minimum Gasteiger partial charge on any atom is -0.441 e. The topological polar surface area (TPSA) is 49.8 Å². The highest BCUT2D eigenvalue weighted by atomic mass is 16.6. The molecule has 1 atom stereocenters. The van der Waals surface area contributed by atoms with Crippen LogP contribution >= 0.6 is 0 Å². The Kier molecular flexibility index (Phi) is 3.07. The second kappa shape index (κ2) is 4.37. The van der Waals surface area contributed by atoms with Crippen molar-refractivity contribution in [3.8, 4) is 0 Å². The maximum atomic E-state index is 11.8. The van der Waals surface area contributed by atoms with Crippen molar-refractivity contribution in [1.29, 1.82) is 0 Å². The molecule has 1 aliphatic rings. The smallest absolute Gasteiger partial charge is 0.415 e. The van der Waals surface area contributed by atoms with E-state index >= 15 is 0 Å². The third kappa shape index (κ3) is 2.42. The lowest BCUT2D eigenvalue weighted by Crippen LogP contribution is -2.32. The van der Waals surface area contributed by atoms with Crippen LogP contribution in [0.3, 0.4) is 0 Å². The van der Waals surface area contributed by atoms with Gasteiger partial charge in [-0.05, 0) is 26.0 Å². The standard InChI is InChI=1S/C13H17NO3/c1-10-3-5-11(6-4-10)14-9-13(2,7-8-15)17-12(14)16/h3-6,15H,7-9H2,1-2H3. The highest BCUT2D eigenvalue weighted by molar-refractivity contribution is 5.90. The van der Waals surface area contributed by atoms with Crippen LogP contribution in [-0.2, 0) is 4.74 Å². The number of aliphatic hydroxyl groups excluding tert-OH is 1. The van der Waals surface area contributed by atoms with Crippen molar-refractivity contribution < 1.29 is 14.6 Å². The number of carbonyl (C=O) groups is 1. The van der Waals surface area contributed by atoms with E-state index in [4.69, 9.17) is 9.84 Å². The molecule has 17 heavy (non-hydrogen) atoms. The van der Waals surface area contributed by atoms with E-state index in [1.54, 1.807) is 4.90 Å². The number of ether oxygens (including phenoxy) is 1. The highest BCUT2D eigenvalue weighted by Gasteiger charge is 2.41. The van der Waals surface area contributed by atoms with Gasteiger partial charge in [0.25, 0.3) is 0 Å². The normalized spacial score (nSPS) is 23.9. The molecule has 0 radical (unpaired) electrons. The molecule has 1 fully saturated rings. The first-order valence-corrected chi connectivity index (χ1v) is 5.72. The first kappa shape index (κ1) is 11.9.